The van der Waals surface area contributed by atoms with Gasteiger partial charge in [0, 0.05) is 68.3 Å². The highest BCUT2D eigenvalue weighted by Crippen LogP contribution is 2.42. The smallest absolute Gasteiger partial charge is 0.159 e. The van der Waals surface area contributed by atoms with Gasteiger partial charge in [0.15, 0.2) is 5.84 Å². The van der Waals surface area contributed by atoms with E-state index in [-0.39, 0.29) is 12.1 Å². The van der Waals surface area contributed by atoms with Crippen LogP contribution >= 0.6 is 22.7 Å². The van der Waals surface area contributed by atoms with Crippen LogP contribution in [-0.4, -0.2) is 16.2 Å². The van der Waals surface area contributed by atoms with Crippen molar-refractivity contribution >= 4 is 96.5 Å². The van der Waals surface area contributed by atoms with E-state index in [2.05, 4.69) is 180 Å². The third-order valence-corrected chi connectivity index (χ3v) is 13.8. The van der Waals surface area contributed by atoms with Crippen molar-refractivity contribution in [2.45, 2.75) is 12.6 Å². The van der Waals surface area contributed by atoms with Crippen molar-refractivity contribution < 1.29 is 0 Å². The first-order chi connectivity index (χ1) is 28.2. The first kappa shape index (κ1) is 32.6. The number of aliphatic imine (C=N–C) groups is 2. The molecule has 0 amide bonds. The molecule has 4 nitrogen and oxygen atoms in total. The Morgan fingerprint density at radius 3 is 1.98 bits per heavy atom. The number of amidine groups is 2. The Balaban J connectivity index is 0.917. The predicted molar refractivity (Wildman–Crippen MR) is 245 cm³/mol. The molecule has 0 fully saturated rings. The van der Waals surface area contributed by atoms with Gasteiger partial charge in [-0.05, 0) is 83.8 Å². The van der Waals surface area contributed by atoms with Gasteiger partial charge in [0.05, 0.1) is 11.0 Å². The molecule has 57 heavy (non-hydrogen) atoms. The lowest BCUT2D eigenvalue weighted by atomic mass is 9.98. The van der Waals surface area contributed by atoms with Crippen molar-refractivity contribution in [3.8, 4) is 16.8 Å². The zero-order valence-corrected chi connectivity index (χ0v) is 32.4. The molecule has 2 unspecified atom stereocenters. The molecule has 0 bridgehead atoms. The second-order valence-corrected chi connectivity index (χ2v) is 17.1. The van der Waals surface area contributed by atoms with E-state index >= 15 is 0 Å². The summed E-state index contributed by atoms with van der Waals surface area (Å²) in [5.74, 6) is 1.94. The van der Waals surface area contributed by atoms with E-state index in [0.717, 1.165) is 29.2 Å². The summed E-state index contributed by atoms with van der Waals surface area (Å²) in [6.07, 6.45) is 9.35. The minimum absolute atomic E-state index is 0.198. The zero-order valence-electron chi connectivity index (χ0n) is 30.8. The minimum Gasteiger partial charge on any atom is -0.348 e. The summed E-state index contributed by atoms with van der Waals surface area (Å²) in [6.45, 7) is 0. The van der Waals surface area contributed by atoms with Crippen molar-refractivity contribution in [1.29, 1.82) is 0 Å². The first-order valence-electron chi connectivity index (χ1n) is 19.4. The third kappa shape index (κ3) is 5.40. The molecule has 4 heterocycles. The van der Waals surface area contributed by atoms with Gasteiger partial charge in [-0.2, -0.15) is 0 Å². The molecule has 0 saturated carbocycles. The average molecular weight is 767 g/mol. The molecule has 0 saturated heterocycles. The molecule has 0 spiro atoms. The molecule has 7 aromatic carbocycles. The van der Waals surface area contributed by atoms with Crippen LogP contribution in [-0.2, 0) is 0 Å². The van der Waals surface area contributed by atoms with Crippen LogP contribution in [0.25, 0.3) is 79.0 Å². The fourth-order valence-corrected chi connectivity index (χ4v) is 10.9. The zero-order chi connectivity index (χ0) is 37.5. The number of nitrogens with zero attached hydrogens (tertiary/aromatic N) is 3. The summed E-state index contributed by atoms with van der Waals surface area (Å²) in [5, 5.41) is 11.4. The van der Waals surface area contributed by atoms with Crippen molar-refractivity contribution in [3.63, 3.8) is 0 Å². The highest BCUT2D eigenvalue weighted by Gasteiger charge is 2.25. The Hall–Kier alpha value is -6.60. The number of hydrogen-bond acceptors (Lipinski definition) is 5. The van der Waals surface area contributed by atoms with E-state index in [0.29, 0.717) is 0 Å². The number of fused-ring (bicyclic) bond motifs is 9. The highest BCUT2D eigenvalue weighted by molar-refractivity contribution is 7.26. The molecular weight excluding hydrogens is 733 g/mol. The van der Waals surface area contributed by atoms with Crippen LogP contribution in [0.5, 0.6) is 0 Å². The lowest BCUT2D eigenvalue weighted by Crippen LogP contribution is -2.37. The lowest BCUT2D eigenvalue weighted by molar-refractivity contribution is 0.643. The summed E-state index contributed by atoms with van der Waals surface area (Å²) >= 11 is 3.73. The van der Waals surface area contributed by atoms with Gasteiger partial charge in [-0.3, -0.25) is 0 Å². The van der Waals surface area contributed by atoms with Gasteiger partial charge in [-0.15, -0.1) is 22.7 Å². The molecule has 12 rings (SSSR count). The maximum absolute atomic E-state index is 5.16. The van der Waals surface area contributed by atoms with E-state index in [1.807, 2.05) is 28.7 Å². The maximum atomic E-state index is 5.16. The number of aromatic nitrogens is 1. The number of hydrogen-bond donors (Lipinski definition) is 1. The minimum atomic E-state index is -0.228. The summed E-state index contributed by atoms with van der Waals surface area (Å²) in [4.78, 5) is 10.2. The van der Waals surface area contributed by atoms with Crippen LogP contribution < -0.4 is 5.32 Å². The topological polar surface area (TPSA) is 41.7 Å². The van der Waals surface area contributed by atoms with Crippen molar-refractivity contribution in [3.05, 3.63) is 187 Å². The van der Waals surface area contributed by atoms with Gasteiger partial charge < -0.3 is 9.88 Å². The van der Waals surface area contributed by atoms with Crippen LogP contribution in [0.2, 0.25) is 0 Å². The third-order valence-electron chi connectivity index (χ3n) is 11.6. The Bertz CT molecular complexity index is 3320. The summed E-state index contributed by atoms with van der Waals surface area (Å²) in [5.41, 5.74) is 8.28. The van der Waals surface area contributed by atoms with E-state index in [4.69, 9.17) is 9.98 Å². The second kappa shape index (κ2) is 13.0. The number of para-hydroxylation sites is 2. The number of rotatable bonds is 5. The van der Waals surface area contributed by atoms with Crippen LogP contribution in [0.1, 0.15) is 23.7 Å². The summed E-state index contributed by atoms with van der Waals surface area (Å²) in [6, 6.07) is 55.5. The Morgan fingerprint density at radius 2 is 1.19 bits per heavy atom. The van der Waals surface area contributed by atoms with Crippen molar-refractivity contribution in [1.82, 2.24) is 9.88 Å². The van der Waals surface area contributed by atoms with Crippen LogP contribution in [0.4, 0.5) is 0 Å². The van der Waals surface area contributed by atoms with Gasteiger partial charge in [0.2, 0.25) is 0 Å². The van der Waals surface area contributed by atoms with Gasteiger partial charge in [0.25, 0.3) is 0 Å². The standard InChI is InChI=1S/C51H34N4S2/c1-3-11-31(12-4-1)49-52-50(32-13-5-2-6-14-32)54-51(53-49)35-21-25-45-40(28-35)39-23-19-34(29-48(39)57-45)33-20-24-46-41(27-33)42-30-36(22-26-47(42)56-46)55-43-17-9-7-15-37(43)38-16-8-10-18-44(38)55/h1-13,15-30,32,51H,14H2,(H,52,53,54). The van der Waals surface area contributed by atoms with Crippen molar-refractivity contribution in [2.75, 3.05) is 0 Å². The van der Waals surface area contributed by atoms with Gasteiger partial charge in [-0.1, -0.05) is 115 Å². The van der Waals surface area contributed by atoms with Crippen LogP contribution in [0.15, 0.2) is 186 Å². The molecule has 3 aromatic heterocycles. The molecule has 10 aromatic rings. The van der Waals surface area contributed by atoms with Crippen molar-refractivity contribution in [2.24, 2.45) is 15.9 Å². The number of benzene rings is 7. The Morgan fingerprint density at radius 1 is 0.526 bits per heavy atom. The van der Waals surface area contributed by atoms with Gasteiger partial charge in [-0.25, -0.2) is 9.98 Å². The SMILES string of the molecule is C1=CCC(C2=NC(c3ccccc3)=NC(c3ccc4sc5cc(-c6ccc7sc8ccc(-n9c%10ccccc%10c%10ccccc%109)cc8c7c6)ccc5c4c3)N2)C=C1. The summed E-state index contributed by atoms with van der Waals surface area (Å²) in [7, 11) is 0. The number of thiophene rings is 2. The van der Waals surface area contributed by atoms with Gasteiger partial charge >= 0.3 is 0 Å². The normalized spacial score (nSPS) is 16.9. The molecule has 270 valence electrons. The largest absolute Gasteiger partial charge is 0.348 e. The van der Waals surface area contributed by atoms with E-state index in [9.17, 15) is 0 Å². The quantitative estimate of drug-likeness (QED) is 0.186. The van der Waals surface area contributed by atoms with Crippen LogP contribution in [0, 0.1) is 5.92 Å². The molecular formula is C51H34N4S2. The molecule has 1 aliphatic carbocycles. The van der Waals surface area contributed by atoms with Gasteiger partial charge in [0.1, 0.15) is 12.0 Å². The van der Waals surface area contributed by atoms with E-state index in [1.165, 1.54) is 79.0 Å². The average Bonchev–Trinajstić information content (AvgIpc) is 3.95. The first-order valence-corrected chi connectivity index (χ1v) is 21.1. The molecule has 2 aliphatic rings. The van der Waals surface area contributed by atoms with Crippen LogP contribution in [0.3, 0.4) is 0 Å². The van der Waals surface area contributed by atoms with E-state index < -0.39 is 0 Å². The highest BCUT2D eigenvalue weighted by atomic mass is 32.1. The molecule has 1 aliphatic heterocycles. The lowest BCUT2D eigenvalue weighted by Gasteiger charge is -2.27. The molecule has 6 heteroatoms. The monoisotopic (exact) mass is 766 g/mol. The summed E-state index contributed by atoms with van der Waals surface area (Å²) < 4.78 is 7.59. The Kier molecular flexibility index (Phi) is 7.43. The maximum Gasteiger partial charge on any atom is 0.159 e. The molecule has 0 radical (unpaired) electrons. The molecule has 2 atom stereocenters. The molecule has 1 N–H and O–H groups in total. The predicted octanol–water partition coefficient (Wildman–Crippen LogP) is 13.8. The fraction of sp³-hybridized carbons (Fsp3) is 0.0588. The fourth-order valence-electron chi connectivity index (χ4n) is 8.76. The van der Waals surface area contributed by atoms with E-state index in [1.54, 1.807) is 0 Å². The number of allylic oxidation sites excluding steroid dienone is 3. The number of nitrogens with one attached hydrogen (secondary N) is 1. The Labute approximate surface area is 337 Å². The second-order valence-electron chi connectivity index (χ2n) is 14.9.